The maximum absolute atomic E-state index is 12.1. The monoisotopic (exact) mass is 431 g/mol. The maximum Gasteiger partial charge on any atom is 0.241 e. The molecule has 160 valence electrons. The van der Waals surface area contributed by atoms with Crippen molar-refractivity contribution >= 4 is 29.6 Å². The minimum Gasteiger partial charge on any atom is -0.495 e. The van der Waals surface area contributed by atoms with Crippen molar-refractivity contribution in [1.82, 2.24) is 0 Å². The zero-order valence-electron chi connectivity index (χ0n) is 17.4. The average molecular weight is 432 g/mol. The SMILES string of the molecule is CCOc1cc(C(=CC#N)c2ccc(OC)c(NC(=O)[C@@H](C)N)c2)ccc1OC.Cl. The van der Waals surface area contributed by atoms with Crippen LogP contribution < -0.4 is 25.3 Å². The molecule has 1 atom stereocenters. The molecule has 2 aromatic rings. The summed E-state index contributed by atoms with van der Waals surface area (Å²) in [5, 5.41) is 12.1. The van der Waals surface area contributed by atoms with Crippen LogP contribution in [-0.2, 0) is 4.79 Å². The lowest BCUT2D eigenvalue weighted by molar-refractivity contribution is -0.117. The second kappa shape index (κ2) is 11.7. The standard InChI is InChI=1S/C22H25N3O4.ClH/c1-5-29-21-13-16(7-9-20(21)28-4)17(10-11-23)15-6-8-19(27-3)18(12-15)25-22(26)14(2)24;/h6-10,12-14H,5,24H2,1-4H3,(H,25,26);1H/t14-;/m1./s1. The van der Waals surface area contributed by atoms with Gasteiger partial charge in [-0.05, 0) is 54.8 Å². The lowest BCUT2D eigenvalue weighted by Gasteiger charge is -2.16. The maximum atomic E-state index is 12.1. The molecule has 0 unspecified atom stereocenters. The number of carbonyl (C=O) groups is 1. The van der Waals surface area contributed by atoms with E-state index in [0.29, 0.717) is 35.1 Å². The lowest BCUT2D eigenvalue weighted by Crippen LogP contribution is -2.32. The van der Waals surface area contributed by atoms with Crippen LogP contribution in [0.15, 0.2) is 42.5 Å². The van der Waals surface area contributed by atoms with E-state index in [1.54, 1.807) is 32.2 Å². The van der Waals surface area contributed by atoms with Gasteiger partial charge in [0, 0.05) is 6.08 Å². The van der Waals surface area contributed by atoms with E-state index in [0.717, 1.165) is 11.1 Å². The minimum atomic E-state index is -0.673. The topological polar surface area (TPSA) is 107 Å². The van der Waals surface area contributed by atoms with Crippen LogP contribution in [0.2, 0.25) is 0 Å². The molecule has 0 heterocycles. The predicted molar refractivity (Wildman–Crippen MR) is 119 cm³/mol. The first-order valence-corrected chi connectivity index (χ1v) is 9.11. The van der Waals surface area contributed by atoms with E-state index in [4.69, 9.17) is 19.9 Å². The number of ether oxygens (including phenoxy) is 3. The minimum absolute atomic E-state index is 0. The fraction of sp³-hybridized carbons (Fsp3) is 0.273. The van der Waals surface area contributed by atoms with Gasteiger partial charge in [-0.2, -0.15) is 5.26 Å². The van der Waals surface area contributed by atoms with Gasteiger partial charge in [0.05, 0.1) is 38.6 Å². The first-order chi connectivity index (χ1) is 13.9. The Kier molecular flexibility index (Phi) is 9.69. The number of methoxy groups -OCH3 is 2. The number of halogens is 1. The van der Waals surface area contributed by atoms with E-state index in [9.17, 15) is 10.1 Å². The molecule has 0 aliphatic carbocycles. The third-order valence-electron chi connectivity index (χ3n) is 4.17. The fourth-order valence-electron chi connectivity index (χ4n) is 2.73. The molecule has 2 aromatic carbocycles. The highest BCUT2D eigenvalue weighted by Gasteiger charge is 2.15. The summed E-state index contributed by atoms with van der Waals surface area (Å²) in [6, 6.07) is 12.1. The van der Waals surface area contributed by atoms with Gasteiger partial charge in [-0.25, -0.2) is 0 Å². The summed E-state index contributed by atoms with van der Waals surface area (Å²) in [4.78, 5) is 12.1. The molecule has 1 amide bonds. The molecule has 0 aliphatic rings. The van der Waals surface area contributed by atoms with Crippen molar-refractivity contribution in [2.45, 2.75) is 19.9 Å². The van der Waals surface area contributed by atoms with Crippen molar-refractivity contribution < 1.29 is 19.0 Å². The van der Waals surface area contributed by atoms with Gasteiger partial charge in [0.25, 0.3) is 0 Å². The molecule has 2 rings (SSSR count). The smallest absolute Gasteiger partial charge is 0.241 e. The molecular formula is C22H26ClN3O4. The Hall–Kier alpha value is -3.21. The van der Waals surface area contributed by atoms with Crippen molar-refractivity contribution in [1.29, 1.82) is 5.26 Å². The van der Waals surface area contributed by atoms with Gasteiger partial charge in [0.15, 0.2) is 11.5 Å². The number of carbonyl (C=O) groups excluding carboxylic acids is 1. The van der Waals surface area contributed by atoms with Crippen LogP contribution in [0.4, 0.5) is 5.69 Å². The molecule has 0 saturated heterocycles. The van der Waals surface area contributed by atoms with Gasteiger partial charge in [0.2, 0.25) is 5.91 Å². The third-order valence-corrected chi connectivity index (χ3v) is 4.17. The third kappa shape index (κ3) is 5.89. The van der Waals surface area contributed by atoms with Crippen molar-refractivity contribution in [3.05, 3.63) is 53.6 Å². The number of nitrogens with zero attached hydrogens (tertiary/aromatic N) is 1. The highest BCUT2D eigenvalue weighted by atomic mass is 35.5. The number of benzene rings is 2. The van der Waals surface area contributed by atoms with Gasteiger partial charge in [0.1, 0.15) is 5.75 Å². The van der Waals surface area contributed by atoms with Crippen molar-refractivity contribution in [3.63, 3.8) is 0 Å². The van der Waals surface area contributed by atoms with Crippen LogP contribution in [0.25, 0.3) is 5.57 Å². The van der Waals surface area contributed by atoms with E-state index < -0.39 is 6.04 Å². The van der Waals surface area contributed by atoms with Crippen molar-refractivity contribution in [3.8, 4) is 23.3 Å². The second-order valence-electron chi connectivity index (χ2n) is 6.18. The number of nitriles is 1. The molecule has 3 N–H and O–H groups in total. The zero-order chi connectivity index (χ0) is 21.4. The predicted octanol–water partition coefficient (Wildman–Crippen LogP) is 3.77. The van der Waals surface area contributed by atoms with Gasteiger partial charge in [-0.15, -0.1) is 12.4 Å². The number of amides is 1. The highest BCUT2D eigenvalue weighted by Crippen LogP contribution is 2.35. The van der Waals surface area contributed by atoms with E-state index in [1.807, 2.05) is 25.1 Å². The number of nitrogens with one attached hydrogen (secondary N) is 1. The Bertz CT molecular complexity index is 952. The molecule has 7 nitrogen and oxygen atoms in total. The van der Waals surface area contributed by atoms with E-state index in [2.05, 4.69) is 11.4 Å². The average Bonchev–Trinajstić information content (AvgIpc) is 2.72. The van der Waals surface area contributed by atoms with Crippen LogP contribution in [0.3, 0.4) is 0 Å². The Morgan fingerprint density at radius 1 is 1.13 bits per heavy atom. The van der Waals surface area contributed by atoms with E-state index in [1.165, 1.54) is 13.2 Å². The number of hydrogen-bond donors (Lipinski definition) is 2. The molecule has 0 spiro atoms. The normalized spacial score (nSPS) is 11.5. The van der Waals surface area contributed by atoms with Crippen molar-refractivity contribution in [2.24, 2.45) is 5.73 Å². The number of anilines is 1. The Balaban J connectivity index is 0.00000450. The number of rotatable bonds is 8. The second-order valence-corrected chi connectivity index (χ2v) is 6.18. The Morgan fingerprint density at radius 3 is 2.27 bits per heavy atom. The number of nitrogens with two attached hydrogens (primary N) is 1. The zero-order valence-corrected chi connectivity index (χ0v) is 18.2. The molecule has 0 aliphatic heterocycles. The molecule has 8 heteroatoms. The lowest BCUT2D eigenvalue weighted by atomic mass is 9.96. The van der Waals surface area contributed by atoms with Crippen LogP contribution in [0, 0.1) is 11.3 Å². The van der Waals surface area contributed by atoms with Gasteiger partial charge in [-0.1, -0.05) is 12.1 Å². The molecule has 0 saturated carbocycles. The fourth-order valence-corrected chi connectivity index (χ4v) is 2.73. The Labute approximate surface area is 182 Å². The Morgan fingerprint density at radius 2 is 1.73 bits per heavy atom. The molecule has 0 fully saturated rings. The van der Waals surface area contributed by atoms with E-state index >= 15 is 0 Å². The largest absolute Gasteiger partial charge is 0.495 e. The van der Waals surface area contributed by atoms with Crippen LogP contribution in [-0.4, -0.2) is 32.8 Å². The molecular weight excluding hydrogens is 406 g/mol. The summed E-state index contributed by atoms with van der Waals surface area (Å²) < 4.78 is 16.3. The van der Waals surface area contributed by atoms with Gasteiger partial charge >= 0.3 is 0 Å². The summed E-state index contributed by atoms with van der Waals surface area (Å²) in [7, 11) is 3.08. The number of hydrogen-bond acceptors (Lipinski definition) is 6. The van der Waals surface area contributed by atoms with Gasteiger partial charge in [-0.3, -0.25) is 4.79 Å². The van der Waals surface area contributed by atoms with E-state index in [-0.39, 0.29) is 18.3 Å². The highest BCUT2D eigenvalue weighted by molar-refractivity contribution is 5.96. The first-order valence-electron chi connectivity index (χ1n) is 9.11. The summed E-state index contributed by atoms with van der Waals surface area (Å²) in [5.41, 5.74) is 8.27. The van der Waals surface area contributed by atoms with Crippen molar-refractivity contribution in [2.75, 3.05) is 26.1 Å². The molecule has 0 aromatic heterocycles. The quantitative estimate of drug-likeness (QED) is 0.616. The molecule has 0 bridgehead atoms. The molecule has 0 radical (unpaired) electrons. The van der Waals surface area contributed by atoms with Crippen LogP contribution in [0.1, 0.15) is 25.0 Å². The van der Waals surface area contributed by atoms with Crippen LogP contribution in [0.5, 0.6) is 17.2 Å². The first kappa shape index (κ1) is 24.8. The summed E-state index contributed by atoms with van der Waals surface area (Å²) >= 11 is 0. The number of allylic oxidation sites excluding steroid dienone is 1. The van der Waals surface area contributed by atoms with Gasteiger partial charge < -0.3 is 25.3 Å². The van der Waals surface area contributed by atoms with Crippen LogP contribution >= 0.6 is 12.4 Å². The molecule has 30 heavy (non-hydrogen) atoms. The summed E-state index contributed by atoms with van der Waals surface area (Å²) in [6.45, 7) is 3.96. The summed E-state index contributed by atoms with van der Waals surface area (Å²) in [6.07, 6.45) is 1.44. The summed E-state index contributed by atoms with van der Waals surface area (Å²) in [5.74, 6) is 1.33.